The van der Waals surface area contributed by atoms with E-state index in [2.05, 4.69) is 56.3 Å². The van der Waals surface area contributed by atoms with Gasteiger partial charge in [0.1, 0.15) is 0 Å². The molecule has 1 aromatic rings. The van der Waals surface area contributed by atoms with Gasteiger partial charge in [-0.3, -0.25) is 0 Å². The zero-order chi connectivity index (χ0) is 12.2. The molecule has 0 saturated heterocycles. The van der Waals surface area contributed by atoms with E-state index in [0.29, 0.717) is 0 Å². The number of hydrogen-bond donors (Lipinski definition) is 1. The van der Waals surface area contributed by atoms with Crippen LogP contribution >= 0.6 is 24.8 Å². The van der Waals surface area contributed by atoms with Gasteiger partial charge in [-0.1, -0.05) is 0 Å². The van der Waals surface area contributed by atoms with Crippen molar-refractivity contribution in [2.24, 2.45) is 0 Å². The Kier molecular flexibility index (Phi) is 3.50. The first-order valence-corrected chi connectivity index (χ1v) is 15.0. The maximum absolute atomic E-state index is 4.83. The molecule has 1 aromatic heterocycles. The van der Waals surface area contributed by atoms with E-state index in [4.69, 9.17) is 4.82 Å². The Balaban J connectivity index is 0.00000144. The van der Waals surface area contributed by atoms with E-state index in [1.165, 1.54) is 7.88 Å². The fraction of sp³-hybridized carbons (Fsp3) is 0.357. The number of halogens is 2. The fourth-order valence-corrected chi connectivity index (χ4v) is 9.42. The summed E-state index contributed by atoms with van der Waals surface area (Å²) in [4.78, 5) is 8.25. The number of aromatic amines is 1. The Bertz CT molecular complexity index is 606. The quantitative estimate of drug-likeness (QED) is 0.758. The van der Waals surface area contributed by atoms with Gasteiger partial charge in [0.15, 0.2) is 0 Å². The summed E-state index contributed by atoms with van der Waals surface area (Å²) in [6, 6.07) is 4.27. The Morgan fingerprint density at radius 2 is 1.78 bits per heavy atom. The van der Waals surface area contributed by atoms with E-state index in [9.17, 15) is 0 Å². The molecule has 0 atom stereocenters. The van der Waals surface area contributed by atoms with Crippen LogP contribution in [0.25, 0.3) is 0 Å². The summed E-state index contributed by atoms with van der Waals surface area (Å²) in [5, 5.41) is 9.57. The Morgan fingerprint density at radius 1 is 1.17 bits per heavy atom. The fourth-order valence-electron chi connectivity index (χ4n) is 2.73. The molecule has 0 unspecified atom stereocenters. The van der Waals surface area contributed by atoms with E-state index in [1.54, 1.807) is 0 Å². The van der Waals surface area contributed by atoms with Gasteiger partial charge in [0.05, 0.1) is 0 Å². The molecule has 18 heavy (non-hydrogen) atoms. The van der Waals surface area contributed by atoms with Gasteiger partial charge in [0.2, 0.25) is 0 Å². The van der Waals surface area contributed by atoms with Gasteiger partial charge in [-0.15, -0.1) is 24.8 Å². The third-order valence-electron chi connectivity index (χ3n) is 4.44. The molecule has 0 aliphatic heterocycles. The van der Waals surface area contributed by atoms with E-state index < -0.39 is 12.3 Å². The maximum atomic E-state index is 4.83. The molecule has 0 amide bonds. The van der Waals surface area contributed by atoms with Crippen LogP contribution in [0.1, 0.15) is 6.42 Å². The van der Waals surface area contributed by atoms with Crippen LogP contribution in [0.15, 0.2) is 40.4 Å². The van der Waals surface area contributed by atoms with Gasteiger partial charge in [-0.05, 0) is 0 Å². The van der Waals surface area contributed by atoms with Crippen LogP contribution in [-0.2, 0) is 12.3 Å². The second-order valence-corrected chi connectivity index (χ2v) is 32.7. The normalized spacial score (nSPS) is 20.4. The molecule has 0 radical (unpaired) electrons. The molecule has 1 aliphatic carbocycles. The van der Waals surface area contributed by atoms with Crippen LogP contribution in [0.2, 0.25) is 20.9 Å². The summed E-state index contributed by atoms with van der Waals surface area (Å²) >= 11 is -3.99. The number of allylic oxidation sites excluding steroid dienone is 4. The molecule has 2 rings (SSSR count). The van der Waals surface area contributed by atoms with E-state index in [-0.39, 0.29) is 24.8 Å². The number of nitrogens with one attached hydrogen (secondary N) is 1. The topological polar surface area (TPSA) is 15.8 Å². The molecule has 0 aromatic carbocycles. The van der Waals surface area contributed by atoms with Crippen molar-refractivity contribution >= 4 is 33.6 Å². The van der Waals surface area contributed by atoms with Crippen LogP contribution < -0.4 is 4.00 Å². The van der Waals surface area contributed by atoms with Gasteiger partial charge < -0.3 is 0 Å². The molecule has 1 nitrogen and oxygen atoms in total. The number of H-pyrrole nitrogens is 1. The van der Waals surface area contributed by atoms with Crippen LogP contribution in [0, 0.1) is 0 Å². The number of hydrogen-bond acceptors (Lipinski definition) is 0. The van der Waals surface area contributed by atoms with E-state index in [0.717, 1.165) is 6.42 Å². The van der Waals surface area contributed by atoms with Gasteiger partial charge in [0.25, 0.3) is 0 Å². The van der Waals surface area contributed by atoms with Crippen molar-refractivity contribution in [3.63, 3.8) is 0 Å². The summed E-state index contributed by atoms with van der Waals surface area (Å²) in [6.07, 6.45) is 9.70. The summed E-state index contributed by atoms with van der Waals surface area (Å²) in [7, 11) is 0. The second-order valence-electron chi connectivity index (χ2n) is 9.30. The molecule has 0 saturated carbocycles. The average molecular weight is 326 g/mol. The van der Waals surface area contributed by atoms with Crippen molar-refractivity contribution in [1.29, 1.82) is 0 Å². The second kappa shape index (κ2) is 3.52. The first-order valence-electron chi connectivity index (χ1n) is 6.06. The van der Waals surface area contributed by atoms with Crippen molar-refractivity contribution < 1.29 is 12.3 Å². The molecule has 0 fully saturated rings. The monoisotopic (exact) mass is 325 g/mol. The van der Waals surface area contributed by atoms with Crippen molar-refractivity contribution in [3.05, 3.63) is 40.4 Å². The SMILES string of the molecule is Cl.Cl.[CH2]=[Ti]([CH3])([CH3])([CH3])([CH3])([C]1=CC=CC1)[c]1ccc[nH]1. The first-order chi connectivity index (χ1) is 6.96. The van der Waals surface area contributed by atoms with Gasteiger partial charge in [-0.2, -0.15) is 0 Å². The van der Waals surface area contributed by atoms with E-state index >= 15 is 0 Å². The third-order valence-corrected chi connectivity index (χ3v) is 15.1. The standard InChI is InChI=1S/C5H5.C4H4N.4CH3.CH2.2ClH.Ti/c2*1-2-4-5-3-1;;;;;;;;/h1-3H,4H2;1-3,5H;4*1H3;1H2;2*1H;. The van der Waals surface area contributed by atoms with Crippen LogP contribution in [0.5, 0.6) is 0 Å². The summed E-state index contributed by atoms with van der Waals surface area (Å²) in [5.74, 6) is 0. The minimum atomic E-state index is -3.99. The van der Waals surface area contributed by atoms with Crippen molar-refractivity contribution in [3.8, 4) is 0 Å². The molecule has 1 N–H and O–H groups in total. The Labute approximate surface area is 118 Å². The number of rotatable bonds is 2. The van der Waals surface area contributed by atoms with Crippen molar-refractivity contribution in [2.45, 2.75) is 27.3 Å². The zero-order valence-electron chi connectivity index (χ0n) is 11.7. The molecule has 1 heterocycles. The molecule has 0 spiro atoms. The first kappa shape index (κ1) is 17.9. The average Bonchev–Trinajstić information content (AvgIpc) is 2.76. The van der Waals surface area contributed by atoms with Crippen molar-refractivity contribution in [2.75, 3.05) is 0 Å². The van der Waals surface area contributed by atoms with Gasteiger partial charge in [-0.25, -0.2) is 0 Å². The van der Waals surface area contributed by atoms with Crippen LogP contribution in [-0.4, -0.2) is 9.80 Å². The third kappa shape index (κ3) is 2.47. The van der Waals surface area contributed by atoms with Crippen molar-refractivity contribution in [1.82, 2.24) is 4.98 Å². The summed E-state index contributed by atoms with van der Waals surface area (Å²) in [6.45, 7) is 0. The van der Waals surface area contributed by atoms with Gasteiger partial charge in [0, 0.05) is 0 Å². The zero-order valence-corrected chi connectivity index (χ0v) is 14.9. The number of aromatic nitrogens is 1. The molecular weight excluding hydrogens is 301 g/mol. The van der Waals surface area contributed by atoms with Gasteiger partial charge >= 0.3 is 93.8 Å². The Hall–Kier alpha value is -0.0757. The van der Waals surface area contributed by atoms with Crippen LogP contribution in [0.4, 0.5) is 0 Å². The molecule has 1 aliphatic rings. The molecule has 0 bridgehead atoms. The summed E-state index contributed by atoms with van der Waals surface area (Å²) < 4.78 is 2.81. The molecule has 104 valence electrons. The predicted molar refractivity (Wildman–Crippen MR) is 87.3 cm³/mol. The Morgan fingerprint density at radius 3 is 2.17 bits per heavy atom. The predicted octanol–water partition coefficient (Wildman–Crippen LogP) is 4.71. The minimum absolute atomic E-state index is 0. The van der Waals surface area contributed by atoms with Crippen LogP contribution in [0.3, 0.4) is 0 Å². The summed E-state index contributed by atoms with van der Waals surface area (Å²) in [5.41, 5.74) is 0. The van der Waals surface area contributed by atoms with E-state index in [1.807, 2.05) is 6.20 Å². The molecular formula is C14H25Cl2NTi. The molecule has 4 heteroatoms.